The van der Waals surface area contributed by atoms with Crippen molar-refractivity contribution in [2.75, 3.05) is 19.6 Å². The Morgan fingerprint density at radius 1 is 0.967 bits per heavy atom. The normalized spacial score (nSPS) is 11.5. The summed E-state index contributed by atoms with van der Waals surface area (Å²) in [4.78, 5) is 21.8. The third-order valence-corrected chi connectivity index (χ3v) is 6.49. The number of benzene rings is 2. The van der Waals surface area contributed by atoms with E-state index in [1.165, 1.54) is 5.56 Å². The van der Waals surface area contributed by atoms with Gasteiger partial charge in [-0.1, -0.05) is 74.0 Å². The molecule has 4 rings (SSSR count). The van der Waals surface area contributed by atoms with E-state index in [4.69, 9.17) is 4.98 Å². The number of thiophene rings is 1. The standard InChI is InChI=1S/C25H27N3OS/c1-4-27(5-2)15-16-28-23(20-9-7-6-8-10-20)26-24-22(25(28)29)21(17-30-24)19-13-11-18(3)12-14-19/h6-14,17H,4-5,15-16H2,1-3H3. The highest BCUT2D eigenvalue weighted by Crippen LogP contribution is 2.32. The van der Waals surface area contributed by atoms with Crippen molar-refractivity contribution in [2.45, 2.75) is 27.3 Å². The van der Waals surface area contributed by atoms with E-state index in [0.29, 0.717) is 6.54 Å². The third-order valence-electron chi connectivity index (χ3n) is 5.62. The van der Waals surface area contributed by atoms with E-state index in [1.54, 1.807) is 11.3 Å². The number of aryl methyl sites for hydroxylation is 1. The Balaban J connectivity index is 1.89. The summed E-state index contributed by atoms with van der Waals surface area (Å²) < 4.78 is 1.86. The van der Waals surface area contributed by atoms with Gasteiger partial charge in [-0.25, -0.2) is 4.98 Å². The smallest absolute Gasteiger partial charge is 0.263 e. The zero-order valence-electron chi connectivity index (χ0n) is 17.8. The Morgan fingerprint density at radius 3 is 2.33 bits per heavy atom. The van der Waals surface area contributed by atoms with Crippen molar-refractivity contribution in [2.24, 2.45) is 0 Å². The first-order chi connectivity index (χ1) is 14.6. The maximum absolute atomic E-state index is 13.7. The van der Waals surface area contributed by atoms with E-state index < -0.39 is 0 Å². The van der Waals surface area contributed by atoms with Crippen molar-refractivity contribution in [3.8, 4) is 22.5 Å². The summed E-state index contributed by atoms with van der Waals surface area (Å²) >= 11 is 1.54. The number of rotatable bonds is 7. The van der Waals surface area contributed by atoms with Gasteiger partial charge in [0.05, 0.1) is 5.39 Å². The molecule has 2 aromatic carbocycles. The molecule has 30 heavy (non-hydrogen) atoms. The number of nitrogens with zero attached hydrogens (tertiary/aromatic N) is 3. The molecule has 0 aliphatic rings. The van der Waals surface area contributed by atoms with Crippen LogP contribution in [0.4, 0.5) is 0 Å². The van der Waals surface area contributed by atoms with Crippen molar-refractivity contribution < 1.29 is 0 Å². The second kappa shape index (κ2) is 8.94. The molecule has 4 nitrogen and oxygen atoms in total. The molecule has 0 unspecified atom stereocenters. The fourth-order valence-corrected chi connectivity index (χ4v) is 4.70. The van der Waals surface area contributed by atoms with Crippen LogP contribution in [0.3, 0.4) is 0 Å². The van der Waals surface area contributed by atoms with Crippen LogP contribution in [0.2, 0.25) is 0 Å². The molecule has 2 aromatic heterocycles. The van der Waals surface area contributed by atoms with Gasteiger partial charge in [0, 0.05) is 29.6 Å². The molecule has 0 fully saturated rings. The summed E-state index contributed by atoms with van der Waals surface area (Å²) in [6.45, 7) is 9.76. The highest BCUT2D eigenvalue weighted by molar-refractivity contribution is 7.17. The minimum Gasteiger partial charge on any atom is -0.302 e. The molecular formula is C25H27N3OS. The number of fused-ring (bicyclic) bond motifs is 1. The molecule has 0 aliphatic heterocycles. The molecule has 5 heteroatoms. The van der Waals surface area contributed by atoms with Crippen molar-refractivity contribution in [1.82, 2.24) is 14.5 Å². The first-order valence-corrected chi connectivity index (χ1v) is 11.4. The number of hydrogen-bond donors (Lipinski definition) is 0. The van der Waals surface area contributed by atoms with E-state index in [9.17, 15) is 4.79 Å². The predicted octanol–water partition coefficient (Wildman–Crippen LogP) is 5.44. The number of likely N-dealkylation sites (N-methyl/N-ethyl adjacent to an activating group) is 1. The predicted molar refractivity (Wildman–Crippen MR) is 127 cm³/mol. The van der Waals surface area contributed by atoms with Gasteiger partial charge in [0.1, 0.15) is 10.7 Å². The summed E-state index contributed by atoms with van der Waals surface area (Å²) in [7, 11) is 0. The second-order valence-electron chi connectivity index (χ2n) is 7.48. The van der Waals surface area contributed by atoms with Crippen LogP contribution in [0, 0.1) is 6.92 Å². The van der Waals surface area contributed by atoms with E-state index in [1.807, 2.05) is 34.9 Å². The monoisotopic (exact) mass is 417 g/mol. The lowest BCUT2D eigenvalue weighted by atomic mass is 10.0. The van der Waals surface area contributed by atoms with Crippen LogP contribution < -0.4 is 5.56 Å². The summed E-state index contributed by atoms with van der Waals surface area (Å²) in [6.07, 6.45) is 0. The summed E-state index contributed by atoms with van der Waals surface area (Å²) in [5, 5.41) is 2.79. The Morgan fingerprint density at radius 2 is 1.67 bits per heavy atom. The van der Waals surface area contributed by atoms with Gasteiger partial charge in [-0.15, -0.1) is 11.3 Å². The average Bonchev–Trinajstić information content (AvgIpc) is 3.21. The molecule has 0 bridgehead atoms. The molecule has 0 spiro atoms. The molecule has 154 valence electrons. The van der Waals surface area contributed by atoms with E-state index in [-0.39, 0.29) is 5.56 Å². The van der Waals surface area contributed by atoms with Crippen LogP contribution in [0.15, 0.2) is 64.8 Å². The Bertz CT molecular complexity index is 1190. The van der Waals surface area contributed by atoms with Gasteiger partial charge in [0.15, 0.2) is 0 Å². The fourth-order valence-electron chi connectivity index (χ4n) is 3.77. The van der Waals surface area contributed by atoms with Gasteiger partial charge in [0.25, 0.3) is 5.56 Å². The zero-order chi connectivity index (χ0) is 21.1. The molecule has 0 N–H and O–H groups in total. The highest BCUT2D eigenvalue weighted by atomic mass is 32.1. The number of aromatic nitrogens is 2. The molecule has 0 saturated carbocycles. The van der Waals surface area contributed by atoms with Crippen LogP contribution in [0.5, 0.6) is 0 Å². The minimum absolute atomic E-state index is 0.0443. The van der Waals surface area contributed by atoms with Gasteiger partial charge in [-0.05, 0) is 25.6 Å². The Kier molecular flexibility index (Phi) is 6.11. The first kappa shape index (κ1) is 20.5. The van der Waals surface area contributed by atoms with Crippen LogP contribution in [0.25, 0.3) is 32.7 Å². The van der Waals surface area contributed by atoms with Gasteiger partial charge < -0.3 is 4.90 Å². The highest BCUT2D eigenvalue weighted by Gasteiger charge is 2.18. The van der Waals surface area contributed by atoms with Crippen molar-refractivity contribution in [1.29, 1.82) is 0 Å². The van der Waals surface area contributed by atoms with E-state index >= 15 is 0 Å². The van der Waals surface area contributed by atoms with Crippen molar-refractivity contribution in [3.63, 3.8) is 0 Å². The van der Waals surface area contributed by atoms with Gasteiger partial charge in [0.2, 0.25) is 0 Å². The van der Waals surface area contributed by atoms with Crippen LogP contribution in [-0.4, -0.2) is 34.1 Å². The average molecular weight is 418 g/mol. The van der Waals surface area contributed by atoms with Crippen molar-refractivity contribution >= 4 is 21.6 Å². The topological polar surface area (TPSA) is 38.1 Å². The maximum Gasteiger partial charge on any atom is 0.263 e. The molecular weight excluding hydrogens is 390 g/mol. The second-order valence-corrected chi connectivity index (χ2v) is 8.34. The van der Waals surface area contributed by atoms with Crippen LogP contribution in [0.1, 0.15) is 19.4 Å². The van der Waals surface area contributed by atoms with E-state index in [2.05, 4.69) is 55.3 Å². The van der Waals surface area contributed by atoms with Crippen LogP contribution in [-0.2, 0) is 6.54 Å². The lowest BCUT2D eigenvalue weighted by Crippen LogP contribution is -2.32. The van der Waals surface area contributed by atoms with Gasteiger partial charge in [-0.3, -0.25) is 9.36 Å². The SMILES string of the molecule is CCN(CC)CCn1c(-c2ccccc2)nc2scc(-c3ccc(C)cc3)c2c1=O. The fraction of sp³-hybridized carbons (Fsp3) is 0.280. The van der Waals surface area contributed by atoms with Crippen molar-refractivity contribution in [3.05, 3.63) is 75.9 Å². The summed E-state index contributed by atoms with van der Waals surface area (Å²) in [6, 6.07) is 18.4. The Labute approximate surface area is 181 Å². The molecule has 0 radical (unpaired) electrons. The largest absolute Gasteiger partial charge is 0.302 e. The van der Waals surface area contributed by atoms with Gasteiger partial charge >= 0.3 is 0 Å². The molecule has 0 aliphatic carbocycles. The summed E-state index contributed by atoms with van der Waals surface area (Å²) in [5.74, 6) is 0.748. The first-order valence-electron chi connectivity index (χ1n) is 10.5. The molecule has 0 saturated heterocycles. The van der Waals surface area contributed by atoms with Crippen LogP contribution >= 0.6 is 11.3 Å². The van der Waals surface area contributed by atoms with Gasteiger partial charge in [-0.2, -0.15) is 0 Å². The quantitative estimate of drug-likeness (QED) is 0.402. The zero-order valence-corrected chi connectivity index (χ0v) is 18.6. The lowest BCUT2D eigenvalue weighted by molar-refractivity contribution is 0.289. The lowest BCUT2D eigenvalue weighted by Gasteiger charge is -2.20. The molecule has 0 amide bonds. The molecule has 4 aromatic rings. The Hall–Kier alpha value is -2.76. The van der Waals surface area contributed by atoms with E-state index in [0.717, 1.165) is 52.4 Å². The molecule has 2 heterocycles. The molecule has 0 atom stereocenters. The maximum atomic E-state index is 13.7. The number of hydrogen-bond acceptors (Lipinski definition) is 4. The summed E-state index contributed by atoms with van der Waals surface area (Å²) in [5.41, 5.74) is 4.26. The third kappa shape index (κ3) is 3.95. The minimum atomic E-state index is 0.0443.